The molecule has 0 aliphatic rings. The number of rotatable bonds is 1. The fourth-order valence-corrected chi connectivity index (χ4v) is 2.03. The van der Waals surface area contributed by atoms with E-state index < -0.39 is 0 Å². The van der Waals surface area contributed by atoms with Crippen molar-refractivity contribution in [2.45, 2.75) is 13.3 Å². The number of aromatic nitrogens is 1. The van der Waals surface area contributed by atoms with Gasteiger partial charge >= 0.3 is 0 Å². The topological polar surface area (TPSA) is 15.8 Å². The lowest BCUT2D eigenvalue weighted by Crippen LogP contribution is -1.87. The Morgan fingerprint density at radius 3 is 2.92 bits per heavy atom. The van der Waals surface area contributed by atoms with Gasteiger partial charge in [0.2, 0.25) is 0 Å². The summed E-state index contributed by atoms with van der Waals surface area (Å²) in [5.41, 5.74) is 1.66. The van der Waals surface area contributed by atoms with Crippen LogP contribution in [0, 0.1) is 9.39 Å². The summed E-state index contributed by atoms with van der Waals surface area (Å²) >= 11 is 2.24. The molecule has 3 heteroatoms. The molecule has 1 aromatic heterocycles. The number of hydrogen-bond donors (Lipinski definition) is 1. The highest BCUT2D eigenvalue weighted by atomic mass is 127. The van der Waals surface area contributed by atoms with Crippen LogP contribution in [0.1, 0.15) is 12.5 Å². The summed E-state index contributed by atoms with van der Waals surface area (Å²) < 4.78 is 14.4. The van der Waals surface area contributed by atoms with Gasteiger partial charge in [0.15, 0.2) is 0 Å². The average molecular weight is 289 g/mol. The Morgan fingerprint density at radius 2 is 2.23 bits per heavy atom. The van der Waals surface area contributed by atoms with E-state index in [1.165, 1.54) is 0 Å². The van der Waals surface area contributed by atoms with Gasteiger partial charge in [-0.15, -0.1) is 0 Å². The van der Waals surface area contributed by atoms with Gasteiger partial charge in [-0.1, -0.05) is 6.92 Å². The smallest absolute Gasteiger partial charge is 0.128 e. The Balaban J connectivity index is 2.77. The third-order valence-corrected chi connectivity index (χ3v) is 3.07. The minimum Gasteiger partial charge on any atom is -0.360 e. The number of fused-ring (bicyclic) bond motifs is 1. The van der Waals surface area contributed by atoms with Gasteiger partial charge in [-0.2, -0.15) is 0 Å². The Morgan fingerprint density at radius 1 is 1.46 bits per heavy atom. The summed E-state index contributed by atoms with van der Waals surface area (Å²) in [6.07, 6.45) is 2.63. The van der Waals surface area contributed by atoms with Crippen molar-refractivity contribution in [3.05, 3.63) is 33.3 Å². The van der Waals surface area contributed by atoms with Crippen LogP contribution in [0.5, 0.6) is 0 Å². The highest BCUT2D eigenvalue weighted by Crippen LogP contribution is 2.23. The van der Waals surface area contributed by atoms with E-state index in [1.807, 2.05) is 19.2 Å². The van der Waals surface area contributed by atoms with Crippen LogP contribution in [0.2, 0.25) is 0 Å². The number of H-pyrrole nitrogens is 1. The van der Waals surface area contributed by atoms with Crippen LogP contribution in [0.15, 0.2) is 18.3 Å². The molecule has 2 aromatic rings. The maximum absolute atomic E-state index is 13.3. The zero-order chi connectivity index (χ0) is 9.42. The summed E-state index contributed by atoms with van der Waals surface area (Å²) in [5, 5.41) is 1.11. The Labute approximate surface area is 89.5 Å². The zero-order valence-electron chi connectivity index (χ0n) is 7.20. The fraction of sp³-hybridized carbons (Fsp3) is 0.200. The zero-order valence-corrected chi connectivity index (χ0v) is 9.35. The monoisotopic (exact) mass is 289 g/mol. The molecule has 1 heterocycles. The van der Waals surface area contributed by atoms with Crippen LogP contribution in [0.3, 0.4) is 0 Å². The van der Waals surface area contributed by atoms with Gasteiger partial charge in [-0.3, -0.25) is 0 Å². The van der Waals surface area contributed by atoms with Crippen LogP contribution in [-0.4, -0.2) is 4.98 Å². The van der Waals surface area contributed by atoms with Crippen LogP contribution < -0.4 is 0 Å². The van der Waals surface area contributed by atoms with E-state index in [1.54, 1.807) is 6.07 Å². The van der Waals surface area contributed by atoms with E-state index in [0.717, 1.165) is 26.5 Å². The summed E-state index contributed by atoms with van der Waals surface area (Å²) in [5.74, 6) is -0.117. The van der Waals surface area contributed by atoms with Gasteiger partial charge in [0.05, 0.1) is 0 Å². The first-order valence-corrected chi connectivity index (χ1v) is 5.25. The molecule has 1 aromatic carbocycles. The van der Waals surface area contributed by atoms with Crippen LogP contribution in [-0.2, 0) is 6.42 Å². The molecule has 0 unspecified atom stereocenters. The van der Waals surface area contributed by atoms with Crippen LogP contribution in [0.4, 0.5) is 4.39 Å². The molecule has 68 valence electrons. The van der Waals surface area contributed by atoms with Crippen molar-refractivity contribution in [1.29, 1.82) is 0 Å². The van der Waals surface area contributed by atoms with E-state index in [0.29, 0.717) is 0 Å². The first-order valence-electron chi connectivity index (χ1n) is 4.17. The Bertz CT molecular complexity index is 447. The largest absolute Gasteiger partial charge is 0.360 e. The Kier molecular flexibility index (Phi) is 2.27. The van der Waals surface area contributed by atoms with Crippen LogP contribution in [0.25, 0.3) is 10.9 Å². The molecule has 0 spiro atoms. The van der Waals surface area contributed by atoms with Crippen molar-refractivity contribution in [2.75, 3.05) is 0 Å². The lowest BCUT2D eigenvalue weighted by molar-refractivity contribution is 0.614. The predicted molar refractivity (Wildman–Crippen MR) is 60.4 cm³/mol. The van der Waals surface area contributed by atoms with Gasteiger partial charge in [0, 0.05) is 20.7 Å². The van der Waals surface area contributed by atoms with E-state index in [4.69, 9.17) is 0 Å². The number of hydrogen-bond acceptors (Lipinski definition) is 0. The SMILES string of the molecule is CCc1cc2c(I)c[nH]c2cc1F. The highest BCUT2D eigenvalue weighted by Gasteiger charge is 2.06. The standard InChI is InChI=1S/C10H9FIN/c1-2-6-3-7-9(12)5-13-10(7)4-8(6)11/h3-5,13H,2H2,1H3. The molecule has 1 nitrogen and oxygen atoms in total. The van der Waals surface area contributed by atoms with E-state index >= 15 is 0 Å². The van der Waals surface area contributed by atoms with Crippen molar-refractivity contribution < 1.29 is 4.39 Å². The lowest BCUT2D eigenvalue weighted by atomic mass is 10.1. The van der Waals surface area contributed by atoms with Gasteiger partial charge in [0.1, 0.15) is 5.82 Å². The molecule has 0 fully saturated rings. The minimum absolute atomic E-state index is 0.117. The Hall–Kier alpha value is -0.580. The molecule has 0 bridgehead atoms. The van der Waals surface area contributed by atoms with E-state index in [2.05, 4.69) is 27.6 Å². The molecule has 0 aliphatic carbocycles. The third kappa shape index (κ3) is 1.45. The van der Waals surface area contributed by atoms with Gasteiger partial charge in [-0.25, -0.2) is 4.39 Å². The lowest BCUT2D eigenvalue weighted by Gasteiger charge is -1.99. The van der Waals surface area contributed by atoms with Crippen molar-refractivity contribution in [3.63, 3.8) is 0 Å². The molecule has 0 saturated carbocycles. The summed E-state index contributed by atoms with van der Waals surface area (Å²) in [4.78, 5) is 3.03. The van der Waals surface area contributed by atoms with Crippen molar-refractivity contribution >= 4 is 33.5 Å². The number of benzene rings is 1. The maximum atomic E-state index is 13.3. The quantitative estimate of drug-likeness (QED) is 0.774. The van der Waals surface area contributed by atoms with Gasteiger partial charge < -0.3 is 4.98 Å². The molecule has 0 saturated heterocycles. The molecular weight excluding hydrogens is 280 g/mol. The molecule has 0 aliphatic heterocycles. The molecule has 0 amide bonds. The predicted octanol–water partition coefficient (Wildman–Crippen LogP) is 3.47. The second-order valence-electron chi connectivity index (χ2n) is 2.98. The third-order valence-electron chi connectivity index (χ3n) is 2.18. The van der Waals surface area contributed by atoms with Crippen molar-refractivity contribution in [2.24, 2.45) is 0 Å². The van der Waals surface area contributed by atoms with Gasteiger partial charge in [0.25, 0.3) is 0 Å². The molecule has 13 heavy (non-hydrogen) atoms. The fourth-order valence-electron chi connectivity index (χ4n) is 1.42. The molecular formula is C10H9FIN. The summed E-state index contributed by atoms with van der Waals surface area (Å²) in [6.45, 7) is 1.96. The van der Waals surface area contributed by atoms with E-state index in [-0.39, 0.29) is 5.82 Å². The number of nitrogens with one attached hydrogen (secondary N) is 1. The van der Waals surface area contributed by atoms with Crippen molar-refractivity contribution in [3.8, 4) is 0 Å². The van der Waals surface area contributed by atoms with Crippen LogP contribution >= 0.6 is 22.6 Å². The number of aromatic amines is 1. The van der Waals surface area contributed by atoms with Crippen molar-refractivity contribution in [1.82, 2.24) is 4.98 Å². The molecule has 0 radical (unpaired) electrons. The molecule has 2 rings (SSSR count). The first-order chi connectivity index (χ1) is 6.22. The maximum Gasteiger partial charge on any atom is 0.128 e. The second-order valence-corrected chi connectivity index (χ2v) is 4.14. The second kappa shape index (κ2) is 3.29. The molecule has 1 N–H and O–H groups in total. The van der Waals surface area contributed by atoms with E-state index in [9.17, 15) is 4.39 Å². The first kappa shape index (κ1) is 8.99. The minimum atomic E-state index is -0.117. The summed E-state index contributed by atoms with van der Waals surface area (Å²) in [6, 6.07) is 3.49. The number of halogens is 2. The van der Waals surface area contributed by atoms with Gasteiger partial charge in [-0.05, 0) is 46.7 Å². The summed E-state index contributed by atoms with van der Waals surface area (Å²) in [7, 11) is 0. The number of aryl methyl sites for hydroxylation is 1. The molecule has 0 atom stereocenters. The average Bonchev–Trinajstić information content (AvgIpc) is 2.46. The highest BCUT2D eigenvalue weighted by molar-refractivity contribution is 14.1. The normalized spacial score (nSPS) is 11.0.